The van der Waals surface area contributed by atoms with E-state index in [2.05, 4.69) is 45.3 Å². The quantitative estimate of drug-likeness (QED) is 0.122. The minimum Gasteiger partial charge on any atom is -0.512 e. The van der Waals surface area contributed by atoms with Crippen LogP contribution in [0.1, 0.15) is 33.4 Å². The molecule has 7 heteroatoms. The molecule has 3 heterocycles. The van der Waals surface area contributed by atoms with Crippen molar-refractivity contribution in [3.8, 4) is 11.3 Å². The normalized spacial score (nSPS) is 11.6. The van der Waals surface area contributed by atoms with Crippen LogP contribution >= 0.6 is 11.3 Å². The molecule has 0 bridgehead atoms. The summed E-state index contributed by atoms with van der Waals surface area (Å²) in [6.07, 6.45) is 4.81. The number of hydrogen-bond acceptors (Lipinski definition) is 6. The number of carbonyl (C=O) groups excluding carboxylic acids is 1. The number of rotatable bonds is 4. The molecule has 0 saturated heterocycles. The molecule has 0 aliphatic rings. The predicted molar refractivity (Wildman–Crippen MR) is 145 cm³/mol. The van der Waals surface area contributed by atoms with E-state index in [1.165, 1.54) is 16.2 Å². The van der Waals surface area contributed by atoms with E-state index < -0.39 is 0 Å². The van der Waals surface area contributed by atoms with E-state index >= 15 is 0 Å². The molecule has 0 aliphatic heterocycles. The van der Waals surface area contributed by atoms with Crippen molar-refractivity contribution >= 4 is 48.2 Å². The first kappa shape index (κ1) is 27.6. The minimum atomic E-state index is -0.0316. The molecule has 1 radical (unpaired) electrons. The Morgan fingerprint density at radius 3 is 2.44 bits per heavy atom. The summed E-state index contributed by atoms with van der Waals surface area (Å²) < 4.78 is 2.30. The van der Waals surface area contributed by atoms with E-state index in [0.717, 1.165) is 37.9 Å². The summed E-state index contributed by atoms with van der Waals surface area (Å²) in [7, 11) is 0. The monoisotopic (exact) mass is 675 g/mol. The zero-order valence-electron chi connectivity index (χ0n) is 20.9. The number of aliphatic hydroxyl groups excluding tert-OH is 1. The van der Waals surface area contributed by atoms with Gasteiger partial charge in [0.15, 0.2) is 5.78 Å². The van der Waals surface area contributed by atoms with Crippen LogP contribution in [0.25, 0.3) is 42.3 Å². The number of aliphatic hydroxyl groups is 1. The summed E-state index contributed by atoms with van der Waals surface area (Å²) in [5, 5.41) is 12.7. The van der Waals surface area contributed by atoms with Crippen molar-refractivity contribution in [2.75, 3.05) is 0 Å². The van der Waals surface area contributed by atoms with Crippen LogP contribution in [0.2, 0.25) is 0 Å². The van der Waals surface area contributed by atoms with E-state index in [9.17, 15) is 9.90 Å². The van der Waals surface area contributed by atoms with Gasteiger partial charge in [0.25, 0.3) is 0 Å². The van der Waals surface area contributed by atoms with Crippen molar-refractivity contribution in [3.05, 3.63) is 78.6 Å². The number of hydrogen-bond donors (Lipinski definition) is 1. The van der Waals surface area contributed by atoms with Crippen LogP contribution in [0.3, 0.4) is 0 Å². The van der Waals surface area contributed by atoms with Gasteiger partial charge in [0.05, 0.1) is 21.7 Å². The average molecular weight is 675 g/mol. The van der Waals surface area contributed by atoms with Crippen LogP contribution in [-0.4, -0.2) is 25.8 Å². The first-order chi connectivity index (χ1) is 16.8. The van der Waals surface area contributed by atoms with Crippen molar-refractivity contribution in [1.29, 1.82) is 0 Å². The van der Waals surface area contributed by atoms with Crippen molar-refractivity contribution in [1.82, 2.24) is 15.0 Å². The molecular formula is C29H28IrN3O2S-. The van der Waals surface area contributed by atoms with Crippen molar-refractivity contribution in [3.63, 3.8) is 0 Å². The van der Waals surface area contributed by atoms with Gasteiger partial charge >= 0.3 is 0 Å². The summed E-state index contributed by atoms with van der Waals surface area (Å²) in [6.45, 7) is 9.34. The maximum atomic E-state index is 11.0. The van der Waals surface area contributed by atoms with Gasteiger partial charge in [0.2, 0.25) is 0 Å². The number of ketones is 1. The second kappa shape index (κ2) is 11.8. The van der Waals surface area contributed by atoms with E-state index in [1.807, 2.05) is 59.0 Å². The van der Waals surface area contributed by atoms with Crippen LogP contribution in [0.5, 0.6) is 0 Å². The van der Waals surface area contributed by atoms with Gasteiger partial charge in [-0.1, -0.05) is 57.3 Å². The number of fused-ring (bicyclic) bond motifs is 4. The molecule has 3 aromatic heterocycles. The van der Waals surface area contributed by atoms with E-state index in [4.69, 9.17) is 0 Å². The van der Waals surface area contributed by atoms with Gasteiger partial charge in [-0.15, -0.1) is 23.8 Å². The van der Waals surface area contributed by atoms with Gasteiger partial charge in [-0.3, -0.25) is 4.79 Å². The van der Waals surface area contributed by atoms with E-state index in [1.54, 1.807) is 17.7 Å². The van der Waals surface area contributed by atoms with Crippen molar-refractivity contribution in [2.45, 2.75) is 34.6 Å². The molecule has 187 valence electrons. The molecule has 5 aromatic rings. The molecule has 1 N–H and O–H groups in total. The number of allylic oxidation sites excluding steroid dienone is 2. The Bertz CT molecular complexity index is 1550. The molecule has 0 saturated carbocycles. The van der Waals surface area contributed by atoms with Crippen LogP contribution in [0.15, 0.2) is 66.8 Å². The summed E-state index contributed by atoms with van der Waals surface area (Å²) in [5.41, 5.74) is 4.03. The van der Waals surface area contributed by atoms with Gasteiger partial charge in [0, 0.05) is 44.2 Å². The number of nitrogens with zero attached hydrogens (tertiary/aromatic N) is 3. The maximum Gasteiger partial charge on any atom is 0.161 e. The Hall–Kier alpha value is -2.99. The molecule has 0 atom stereocenters. The summed E-state index contributed by atoms with van der Waals surface area (Å²) >= 11 is 1.72. The number of pyridine rings is 1. The van der Waals surface area contributed by atoms with Crippen LogP contribution in [0.4, 0.5) is 0 Å². The van der Waals surface area contributed by atoms with Gasteiger partial charge in [-0.25, -0.2) is 9.97 Å². The molecule has 2 aromatic carbocycles. The van der Waals surface area contributed by atoms with Gasteiger partial charge in [-0.2, -0.15) is 11.3 Å². The number of aryl methyl sites for hydroxylation is 1. The Labute approximate surface area is 228 Å². The molecular weight excluding hydrogens is 647 g/mol. The molecule has 5 rings (SSSR count). The second-order valence-corrected chi connectivity index (χ2v) is 10.0. The fourth-order valence-electron chi connectivity index (χ4n) is 3.63. The standard InChI is InChI=1S/C20H12N3S.C9H16O2.Ir/c1-12-19-18(23-11-22-12)16-8-4-7-15(20(16)24-19)17-14-6-3-2-5-13(14)9-10-21-17;1-6(2)8(10)5-9(11)7(3)4;/h2-6,8-11H,1H3;5-7,10H,1-4H3;/q-1;;/b;8-5-;. The minimum absolute atomic E-state index is 0. The van der Waals surface area contributed by atoms with Crippen LogP contribution in [0, 0.1) is 24.8 Å². The fourth-order valence-corrected chi connectivity index (χ4v) is 4.82. The first-order valence-electron chi connectivity index (χ1n) is 11.6. The third kappa shape index (κ3) is 5.70. The van der Waals surface area contributed by atoms with E-state index in [-0.39, 0.29) is 43.5 Å². The third-order valence-corrected chi connectivity index (χ3v) is 7.07. The topological polar surface area (TPSA) is 76.0 Å². The number of thiophene rings is 1. The smallest absolute Gasteiger partial charge is 0.161 e. The predicted octanol–water partition coefficient (Wildman–Crippen LogP) is 7.48. The number of carbonyl (C=O) groups is 1. The SMILES string of the molecule is CC(C)C(=O)/C=C(\O)C(C)C.Cc1ncnc2c1sc1c(-c3nccc4ccccc34)[c-]ccc12.[Ir]. The summed E-state index contributed by atoms with van der Waals surface area (Å²) in [4.78, 5) is 24.5. The molecule has 5 nitrogen and oxygen atoms in total. The molecule has 0 amide bonds. The zero-order valence-corrected chi connectivity index (χ0v) is 24.1. The maximum absolute atomic E-state index is 11.0. The van der Waals surface area contributed by atoms with Crippen molar-refractivity contribution in [2.24, 2.45) is 11.8 Å². The Kier molecular flexibility index (Phi) is 9.07. The van der Waals surface area contributed by atoms with Crippen LogP contribution < -0.4 is 0 Å². The van der Waals surface area contributed by atoms with Crippen LogP contribution in [-0.2, 0) is 24.9 Å². The molecule has 0 spiro atoms. The molecule has 0 aliphatic carbocycles. The molecule has 36 heavy (non-hydrogen) atoms. The van der Waals surface area contributed by atoms with Gasteiger partial charge < -0.3 is 10.1 Å². The largest absolute Gasteiger partial charge is 0.512 e. The fraction of sp³-hybridized carbons (Fsp3) is 0.241. The third-order valence-electron chi connectivity index (χ3n) is 5.75. The number of aromatic nitrogens is 3. The summed E-state index contributed by atoms with van der Waals surface area (Å²) in [6, 6.07) is 17.8. The first-order valence-corrected chi connectivity index (χ1v) is 12.4. The Morgan fingerprint density at radius 1 is 0.972 bits per heavy atom. The summed E-state index contributed by atoms with van der Waals surface area (Å²) in [5.74, 6) is 0.161. The average Bonchev–Trinajstić information content (AvgIpc) is 3.24. The Morgan fingerprint density at radius 2 is 1.72 bits per heavy atom. The van der Waals surface area contributed by atoms with E-state index in [0.29, 0.717) is 0 Å². The van der Waals surface area contributed by atoms with Gasteiger partial charge in [-0.05, 0) is 34.2 Å². The zero-order chi connectivity index (χ0) is 25.1. The Balaban J connectivity index is 0.000000260. The second-order valence-electron chi connectivity index (χ2n) is 9.00. The van der Waals surface area contributed by atoms with Crippen molar-refractivity contribution < 1.29 is 30.0 Å². The van der Waals surface area contributed by atoms with Gasteiger partial charge in [0.1, 0.15) is 6.33 Å². The number of benzene rings is 2. The molecule has 0 fully saturated rings. The molecule has 0 unspecified atom stereocenters.